The Bertz CT molecular complexity index is 674. The third kappa shape index (κ3) is 4.53. The monoisotopic (exact) mass is 380 g/mol. The van der Waals surface area contributed by atoms with E-state index in [4.69, 9.17) is 32.7 Å². The molecule has 25 heavy (non-hydrogen) atoms. The Hall–Kier alpha value is -2.04. The van der Waals surface area contributed by atoms with Gasteiger partial charge in [-0.25, -0.2) is 0 Å². The van der Waals surface area contributed by atoms with Crippen LogP contribution in [0.25, 0.3) is 0 Å². The lowest BCUT2D eigenvalue weighted by Gasteiger charge is -2.28. The lowest BCUT2D eigenvalue weighted by atomic mass is 9.76. The molecule has 6 heteroatoms. The zero-order chi connectivity index (χ0) is 18.4. The van der Waals surface area contributed by atoms with Gasteiger partial charge in [-0.15, -0.1) is 0 Å². The standard InChI is InChI=1S/C19H18Cl2O4/c1-24-17(22)19(18(23)25-2,11-13-3-7-15(20)8-4-13)12-14-5-9-16(21)10-6-14/h3-10H,11-12H2,1-2H3. The van der Waals surface area contributed by atoms with Crippen molar-refractivity contribution in [2.75, 3.05) is 14.2 Å². The molecular formula is C19H18Cl2O4. The summed E-state index contributed by atoms with van der Waals surface area (Å²) in [6.45, 7) is 0. The van der Waals surface area contributed by atoms with E-state index in [1.54, 1.807) is 48.5 Å². The molecule has 0 aromatic heterocycles. The number of hydrogen-bond donors (Lipinski definition) is 0. The van der Waals surface area contributed by atoms with Crippen LogP contribution in [0.2, 0.25) is 10.0 Å². The molecule has 2 aromatic carbocycles. The fourth-order valence-electron chi connectivity index (χ4n) is 2.73. The largest absolute Gasteiger partial charge is 0.468 e. The van der Waals surface area contributed by atoms with Crippen LogP contribution in [0, 0.1) is 5.41 Å². The molecule has 0 aliphatic carbocycles. The Balaban J connectivity index is 2.46. The van der Waals surface area contributed by atoms with Crippen molar-refractivity contribution in [2.45, 2.75) is 12.8 Å². The van der Waals surface area contributed by atoms with Crippen LogP contribution < -0.4 is 0 Å². The van der Waals surface area contributed by atoms with Crippen molar-refractivity contribution in [2.24, 2.45) is 5.41 Å². The zero-order valence-corrected chi connectivity index (χ0v) is 15.4. The molecule has 0 fully saturated rings. The average Bonchev–Trinajstić information content (AvgIpc) is 2.63. The van der Waals surface area contributed by atoms with E-state index < -0.39 is 17.4 Å². The average molecular weight is 381 g/mol. The first-order chi connectivity index (χ1) is 11.9. The minimum atomic E-state index is -1.49. The molecule has 2 aromatic rings. The number of carbonyl (C=O) groups is 2. The molecule has 0 saturated heterocycles. The quantitative estimate of drug-likeness (QED) is 0.558. The number of ether oxygens (including phenoxy) is 2. The second-order valence-electron chi connectivity index (χ2n) is 5.67. The van der Waals surface area contributed by atoms with Crippen molar-refractivity contribution < 1.29 is 19.1 Å². The van der Waals surface area contributed by atoms with Gasteiger partial charge < -0.3 is 9.47 Å². The lowest BCUT2D eigenvalue weighted by Crippen LogP contribution is -2.45. The third-order valence-electron chi connectivity index (χ3n) is 3.99. The Morgan fingerprint density at radius 2 is 1.08 bits per heavy atom. The Labute approximate surface area is 156 Å². The summed E-state index contributed by atoms with van der Waals surface area (Å²) in [6, 6.07) is 13.9. The van der Waals surface area contributed by atoms with E-state index in [1.807, 2.05) is 0 Å². The molecule has 2 rings (SSSR count). The van der Waals surface area contributed by atoms with E-state index in [0.29, 0.717) is 10.0 Å². The van der Waals surface area contributed by atoms with Gasteiger partial charge in [-0.2, -0.15) is 0 Å². The normalized spacial score (nSPS) is 11.0. The number of hydrogen-bond acceptors (Lipinski definition) is 4. The van der Waals surface area contributed by atoms with E-state index in [0.717, 1.165) is 11.1 Å². The SMILES string of the molecule is COC(=O)C(Cc1ccc(Cl)cc1)(Cc1ccc(Cl)cc1)C(=O)OC. The maximum atomic E-state index is 12.6. The molecule has 132 valence electrons. The number of carbonyl (C=O) groups excluding carboxylic acids is 2. The maximum absolute atomic E-state index is 12.6. The van der Waals surface area contributed by atoms with Gasteiger partial charge in [0.1, 0.15) is 0 Å². The molecule has 0 bridgehead atoms. The molecule has 0 heterocycles. The minimum absolute atomic E-state index is 0.131. The highest BCUT2D eigenvalue weighted by Gasteiger charge is 2.48. The second-order valence-corrected chi connectivity index (χ2v) is 6.54. The van der Waals surface area contributed by atoms with Crippen LogP contribution in [-0.4, -0.2) is 26.2 Å². The Morgan fingerprint density at radius 3 is 1.36 bits per heavy atom. The van der Waals surface area contributed by atoms with Crippen LogP contribution in [0.3, 0.4) is 0 Å². The first kappa shape index (κ1) is 19.3. The van der Waals surface area contributed by atoms with E-state index in [2.05, 4.69) is 0 Å². The van der Waals surface area contributed by atoms with Gasteiger partial charge in [-0.05, 0) is 48.2 Å². The summed E-state index contributed by atoms with van der Waals surface area (Å²) in [5, 5.41) is 1.14. The summed E-state index contributed by atoms with van der Waals surface area (Å²) in [6.07, 6.45) is 0.262. The van der Waals surface area contributed by atoms with Crippen LogP contribution in [0.4, 0.5) is 0 Å². The van der Waals surface area contributed by atoms with Gasteiger partial charge >= 0.3 is 11.9 Å². The van der Waals surface area contributed by atoms with E-state index in [-0.39, 0.29) is 12.8 Å². The summed E-state index contributed by atoms with van der Waals surface area (Å²) < 4.78 is 9.88. The van der Waals surface area contributed by atoms with Gasteiger partial charge in [-0.3, -0.25) is 9.59 Å². The minimum Gasteiger partial charge on any atom is -0.468 e. The molecule has 0 saturated carbocycles. The highest BCUT2D eigenvalue weighted by atomic mass is 35.5. The number of methoxy groups -OCH3 is 2. The molecule has 0 amide bonds. The molecule has 0 N–H and O–H groups in total. The summed E-state index contributed by atoms with van der Waals surface area (Å²) >= 11 is 11.8. The van der Waals surface area contributed by atoms with Gasteiger partial charge in [0.05, 0.1) is 14.2 Å². The van der Waals surface area contributed by atoms with Crippen molar-refractivity contribution in [3.63, 3.8) is 0 Å². The predicted molar refractivity (Wildman–Crippen MR) is 96.8 cm³/mol. The highest BCUT2D eigenvalue weighted by Crippen LogP contribution is 2.32. The number of halogens is 2. The lowest BCUT2D eigenvalue weighted by molar-refractivity contribution is -0.169. The van der Waals surface area contributed by atoms with Crippen molar-refractivity contribution in [1.82, 2.24) is 0 Å². The summed E-state index contributed by atoms with van der Waals surface area (Å²) in [5.41, 5.74) is 0.0499. The van der Waals surface area contributed by atoms with Gasteiger partial charge in [-0.1, -0.05) is 47.5 Å². The number of esters is 2. The first-order valence-electron chi connectivity index (χ1n) is 7.57. The van der Waals surface area contributed by atoms with Crippen molar-refractivity contribution in [1.29, 1.82) is 0 Å². The molecule has 0 spiro atoms. The van der Waals surface area contributed by atoms with Crippen LogP contribution >= 0.6 is 23.2 Å². The molecule has 0 unspecified atom stereocenters. The van der Waals surface area contributed by atoms with E-state index in [9.17, 15) is 9.59 Å². The fourth-order valence-corrected chi connectivity index (χ4v) is 2.98. The topological polar surface area (TPSA) is 52.6 Å². The summed E-state index contributed by atoms with van der Waals surface area (Å²) in [7, 11) is 2.51. The van der Waals surface area contributed by atoms with Gasteiger partial charge in [0.15, 0.2) is 5.41 Å². The van der Waals surface area contributed by atoms with Crippen molar-refractivity contribution >= 4 is 35.1 Å². The van der Waals surface area contributed by atoms with Crippen molar-refractivity contribution in [3.05, 3.63) is 69.7 Å². The molecule has 0 atom stereocenters. The Kier molecular flexibility index (Phi) is 6.45. The van der Waals surface area contributed by atoms with Crippen LogP contribution in [-0.2, 0) is 31.9 Å². The van der Waals surface area contributed by atoms with Gasteiger partial charge in [0.25, 0.3) is 0 Å². The molecular weight excluding hydrogens is 363 g/mol. The predicted octanol–water partition coefficient (Wildman–Crippen LogP) is 4.11. The molecule has 4 nitrogen and oxygen atoms in total. The number of benzene rings is 2. The molecule has 0 aliphatic heterocycles. The molecule has 0 aliphatic rings. The second kappa shape index (κ2) is 8.37. The number of rotatable bonds is 6. The summed E-state index contributed by atoms with van der Waals surface area (Å²) in [4.78, 5) is 25.2. The van der Waals surface area contributed by atoms with Crippen LogP contribution in [0.1, 0.15) is 11.1 Å². The van der Waals surface area contributed by atoms with E-state index in [1.165, 1.54) is 14.2 Å². The Morgan fingerprint density at radius 1 is 0.760 bits per heavy atom. The fraction of sp³-hybridized carbons (Fsp3) is 0.263. The van der Waals surface area contributed by atoms with Crippen molar-refractivity contribution in [3.8, 4) is 0 Å². The highest BCUT2D eigenvalue weighted by molar-refractivity contribution is 6.30. The van der Waals surface area contributed by atoms with E-state index >= 15 is 0 Å². The van der Waals surface area contributed by atoms with Crippen LogP contribution in [0.15, 0.2) is 48.5 Å². The van der Waals surface area contributed by atoms with Gasteiger partial charge in [0, 0.05) is 10.0 Å². The molecule has 0 radical (unpaired) electrons. The third-order valence-corrected chi connectivity index (χ3v) is 4.49. The zero-order valence-electron chi connectivity index (χ0n) is 13.9. The maximum Gasteiger partial charge on any atom is 0.323 e. The summed E-state index contributed by atoms with van der Waals surface area (Å²) in [5.74, 6) is -1.30. The van der Waals surface area contributed by atoms with Gasteiger partial charge in [0.2, 0.25) is 0 Å². The first-order valence-corrected chi connectivity index (χ1v) is 8.32. The smallest absolute Gasteiger partial charge is 0.323 e. The van der Waals surface area contributed by atoms with Crippen LogP contribution in [0.5, 0.6) is 0 Å².